The van der Waals surface area contributed by atoms with E-state index in [-0.39, 0.29) is 0 Å². The molecule has 1 saturated heterocycles. The van der Waals surface area contributed by atoms with Crippen molar-refractivity contribution in [1.29, 1.82) is 0 Å². The number of likely N-dealkylation sites (N-methyl/N-ethyl adjacent to an activating group) is 1. The molecule has 0 aliphatic carbocycles. The van der Waals surface area contributed by atoms with Crippen LogP contribution in [0, 0.1) is 0 Å². The first kappa shape index (κ1) is 10.5. The van der Waals surface area contributed by atoms with Crippen LogP contribution in [0.5, 0.6) is 0 Å². The highest BCUT2D eigenvalue weighted by atomic mass is 15.3. The maximum Gasteiger partial charge on any atom is 0.162 e. The van der Waals surface area contributed by atoms with Gasteiger partial charge in [-0.05, 0) is 32.5 Å². The van der Waals surface area contributed by atoms with Crippen molar-refractivity contribution in [3.8, 4) is 0 Å². The van der Waals surface area contributed by atoms with E-state index < -0.39 is 0 Å². The quantitative estimate of drug-likeness (QED) is 0.799. The molecule has 17 heavy (non-hydrogen) atoms. The number of likely N-dealkylation sites (tertiary alicyclic amines) is 1. The zero-order chi connectivity index (χ0) is 11.8. The summed E-state index contributed by atoms with van der Waals surface area (Å²) in [6.45, 7) is 2.24. The molecule has 1 unspecified atom stereocenters. The lowest BCUT2D eigenvalue weighted by Gasteiger charge is -2.28. The first-order valence-corrected chi connectivity index (χ1v) is 6.03. The van der Waals surface area contributed by atoms with Crippen molar-refractivity contribution in [1.82, 2.24) is 19.5 Å². The molecule has 5 heteroatoms. The van der Waals surface area contributed by atoms with Crippen molar-refractivity contribution < 1.29 is 0 Å². The SMILES string of the molecule is CN1CCCC(c2nnc3cc(N)ccn23)C1. The number of hydrogen-bond acceptors (Lipinski definition) is 4. The molecule has 1 aliphatic heterocycles. The molecule has 3 rings (SSSR count). The fourth-order valence-corrected chi connectivity index (χ4v) is 2.58. The third-order valence-electron chi connectivity index (χ3n) is 3.45. The van der Waals surface area contributed by atoms with Gasteiger partial charge < -0.3 is 10.6 Å². The highest BCUT2D eigenvalue weighted by molar-refractivity contribution is 5.51. The highest BCUT2D eigenvalue weighted by Crippen LogP contribution is 2.25. The second kappa shape index (κ2) is 4.00. The molecule has 0 spiro atoms. The molecular weight excluding hydrogens is 214 g/mol. The monoisotopic (exact) mass is 231 g/mol. The lowest BCUT2D eigenvalue weighted by atomic mass is 9.98. The summed E-state index contributed by atoms with van der Waals surface area (Å²) in [5, 5.41) is 8.52. The van der Waals surface area contributed by atoms with Crippen LogP contribution in [0.3, 0.4) is 0 Å². The van der Waals surface area contributed by atoms with Gasteiger partial charge in [0, 0.05) is 30.4 Å². The molecule has 2 aromatic heterocycles. The summed E-state index contributed by atoms with van der Waals surface area (Å²) < 4.78 is 2.06. The Balaban J connectivity index is 1.99. The summed E-state index contributed by atoms with van der Waals surface area (Å²) in [4.78, 5) is 2.35. The van der Waals surface area contributed by atoms with Crippen LogP contribution in [-0.2, 0) is 0 Å². The maximum atomic E-state index is 5.74. The number of aromatic nitrogens is 3. The predicted molar refractivity (Wildman–Crippen MR) is 66.9 cm³/mol. The molecule has 2 N–H and O–H groups in total. The third-order valence-corrected chi connectivity index (χ3v) is 3.45. The van der Waals surface area contributed by atoms with Crippen molar-refractivity contribution in [2.24, 2.45) is 0 Å². The molecule has 1 fully saturated rings. The van der Waals surface area contributed by atoms with Crippen LogP contribution in [0.25, 0.3) is 5.65 Å². The normalized spacial score (nSPS) is 22.1. The van der Waals surface area contributed by atoms with E-state index in [1.54, 1.807) is 0 Å². The van der Waals surface area contributed by atoms with Crippen molar-refractivity contribution >= 4 is 11.3 Å². The van der Waals surface area contributed by atoms with Crippen molar-refractivity contribution in [3.05, 3.63) is 24.2 Å². The Kier molecular flexibility index (Phi) is 2.48. The number of nitrogen functional groups attached to an aromatic ring is 1. The highest BCUT2D eigenvalue weighted by Gasteiger charge is 2.23. The smallest absolute Gasteiger partial charge is 0.162 e. The molecule has 0 saturated carbocycles. The first-order chi connectivity index (χ1) is 8.24. The van der Waals surface area contributed by atoms with Crippen LogP contribution in [0.2, 0.25) is 0 Å². The van der Waals surface area contributed by atoms with Gasteiger partial charge in [-0.25, -0.2) is 0 Å². The van der Waals surface area contributed by atoms with E-state index in [9.17, 15) is 0 Å². The van der Waals surface area contributed by atoms with Crippen molar-refractivity contribution in [2.75, 3.05) is 25.9 Å². The zero-order valence-corrected chi connectivity index (χ0v) is 10.0. The molecule has 0 radical (unpaired) electrons. The Hall–Kier alpha value is -1.62. The number of nitrogens with zero attached hydrogens (tertiary/aromatic N) is 4. The Morgan fingerprint density at radius 2 is 2.29 bits per heavy atom. The van der Waals surface area contributed by atoms with Gasteiger partial charge in [0.2, 0.25) is 0 Å². The molecular formula is C12H17N5. The Bertz CT molecular complexity index is 533. The fraction of sp³-hybridized carbons (Fsp3) is 0.500. The number of fused-ring (bicyclic) bond motifs is 1. The molecule has 0 aromatic carbocycles. The number of rotatable bonds is 1. The van der Waals surface area contributed by atoms with E-state index in [4.69, 9.17) is 5.73 Å². The molecule has 1 atom stereocenters. The molecule has 1 aliphatic rings. The van der Waals surface area contributed by atoms with Gasteiger partial charge in [0.15, 0.2) is 5.65 Å². The Morgan fingerprint density at radius 1 is 1.41 bits per heavy atom. The third kappa shape index (κ3) is 1.86. The van der Waals surface area contributed by atoms with Crippen LogP contribution < -0.4 is 5.73 Å². The molecule has 0 bridgehead atoms. The van der Waals surface area contributed by atoms with E-state index in [0.29, 0.717) is 5.92 Å². The molecule has 2 aromatic rings. The van der Waals surface area contributed by atoms with Crippen LogP contribution in [-0.4, -0.2) is 39.6 Å². The van der Waals surface area contributed by atoms with Crippen LogP contribution >= 0.6 is 0 Å². The van der Waals surface area contributed by atoms with E-state index in [1.807, 2.05) is 18.3 Å². The lowest BCUT2D eigenvalue weighted by molar-refractivity contribution is 0.245. The van der Waals surface area contributed by atoms with Gasteiger partial charge in [-0.1, -0.05) is 0 Å². The van der Waals surface area contributed by atoms with Gasteiger partial charge in [-0.3, -0.25) is 4.40 Å². The summed E-state index contributed by atoms with van der Waals surface area (Å²) in [5.41, 5.74) is 7.32. The summed E-state index contributed by atoms with van der Waals surface area (Å²) in [6.07, 6.45) is 4.38. The van der Waals surface area contributed by atoms with Gasteiger partial charge in [-0.2, -0.15) is 0 Å². The second-order valence-electron chi connectivity index (χ2n) is 4.85. The second-order valence-corrected chi connectivity index (χ2v) is 4.85. The van der Waals surface area contributed by atoms with Gasteiger partial charge in [0.1, 0.15) is 5.82 Å². The topological polar surface area (TPSA) is 59.5 Å². The average molecular weight is 231 g/mol. The number of anilines is 1. The van der Waals surface area contributed by atoms with E-state index in [1.165, 1.54) is 19.4 Å². The minimum absolute atomic E-state index is 0.479. The largest absolute Gasteiger partial charge is 0.399 e. The summed E-state index contributed by atoms with van der Waals surface area (Å²) in [7, 11) is 2.16. The zero-order valence-electron chi connectivity index (χ0n) is 10.0. The number of pyridine rings is 1. The van der Waals surface area contributed by atoms with Crippen LogP contribution in [0.1, 0.15) is 24.6 Å². The van der Waals surface area contributed by atoms with Gasteiger partial charge >= 0.3 is 0 Å². The van der Waals surface area contributed by atoms with E-state index >= 15 is 0 Å². The summed E-state index contributed by atoms with van der Waals surface area (Å²) in [5.74, 6) is 1.54. The van der Waals surface area contributed by atoms with Crippen LogP contribution in [0.15, 0.2) is 18.3 Å². The summed E-state index contributed by atoms with van der Waals surface area (Å²) >= 11 is 0. The molecule has 0 amide bonds. The van der Waals surface area contributed by atoms with Gasteiger partial charge in [0.05, 0.1) is 0 Å². The maximum absolute atomic E-state index is 5.74. The first-order valence-electron chi connectivity index (χ1n) is 6.03. The molecule has 90 valence electrons. The van der Waals surface area contributed by atoms with Crippen molar-refractivity contribution in [3.63, 3.8) is 0 Å². The molecule has 5 nitrogen and oxygen atoms in total. The van der Waals surface area contributed by atoms with E-state index in [0.717, 1.165) is 23.7 Å². The van der Waals surface area contributed by atoms with Crippen LogP contribution in [0.4, 0.5) is 5.69 Å². The van der Waals surface area contributed by atoms with Gasteiger partial charge in [0.25, 0.3) is 0 Å². The minimum atomic E-state index is 0.479. The predicted octanol–water partition coefficient (Wildman–Crippen LogP) is 1.12. The van der Waals surface area contributed by atoms with Crippen molar-refractivity contribution in [2.45, 2.75) is 18.8 Å². The minimum Gasteiger partial charge on any atom is -0.399 e. The Labute approximate surface area is 100 Å². The fourth-order valence-electron chi connectivity index (χ4n) is 2.58. The summed E-state index contributed by atoms with van der Waals surface area (Å²) in [6, 6.07) is 3.76. The Morgan fingerprint density at radius 3 is 3.12 bits per heavy atom. The standard InChI is InChI=1S/C12H17N5/c1-16-5-2-3-9(8-16)12-15-14-11-7-10(13)4-6-17(11)12/h4,6-7,9H,2-3,5,8,13H2,1H3. The number of piperidine rings is 1. The molecule has 3 heterocycles. The number of nitrogens with two attached hydrogens (primary N) is 1. The average Bonchev–Trinajstić information content (AvgIpc) is 2.71. The lowest BCUT2D eigenvalue weighted by Crippen LogP contribution is -2.31. The van der Waals surface area contributed by atoms with E-state index in [2.05, 4.69) is 26.5 Å². The van der Waals surface area contributed by atoms with Gasteiger partial charge in [-0.15, -0.1) is 10.2 Å². The number of hydrogen-bond donors (Lipinski definition) is 1.